The molecule has 0 unspecified atom stereocenters. The van der Waals surface area contributed by atoms with Crippen LogP contribution in [0.15, 0.2) is 12.1 Å². The molecule has 15 heavy (non-hydrogen) atoms. The Hall–Kier alpha value is -1.64. The van der Waals surface area contributed by atoms with Gasteiger partial charge in [-0.2, -0.15) is 23.5 Å². The van der Waals surface area contributed by atoms with Gasteiger partial charge < -0.3 is 0 Å². The molecule has 0 aliphatic heterocycles. The van der Waals surface area contributed by atoms with Crippen LogP contribution in [0.1, 0.15) is 24.2 Å². The van der Waals surface area contributed by atoms with Gasteiger partial charge in [0.1, 0.15) is 5.41 Å². The van der Waals surface area contributed by atoms with Gasteiger partial charge in [-0.05, 0) is 25.0 Å². The summed E-state index contributed by atoms with van der Waals surface area (Å²) in [5.74, 6) is 0. The normalized spacial score (nSPS) is 18.3. The molecule has 1 aromatic rings. The number of rotatable bonds is 1. The summed E-state index contributed by atoms with van der Waals surface area (Å²) in [5, 5.41) is 15.3. The average Bonchev–Trinajstić information content (AvgIpc) is 2.97. The van der Waals surface area contributed by atoms with Crippen molar-refractivity contribution < 1.29 is 13.2 Å². The highest BCUT2D eigenvalue weighted by atomic mass is 19.4. The van der Waals surface area contributed by atoms with Crippen LogP contribution < -0.4 is 0 Å². The lowest BCUT2D eigenvalue weighted by atomic mass is 10.0. The molecule has 0 N–H and O–H groups in total. The molecule has 0 amide bonds. The minimum Gasteiger partial charge on any atom is -0.197 e. The van der Waals surface area contributed by atoms with Crippen molar-refractivity contribution in [3.05, 3.63) is 23.5 Å². The Morgan fingerprint density at radius 3 is 2.27 bits per heavy atom. The van der Waals surface area contributed by atoms with Gasteiger partial charge in [0.25, 0.3) is 0 Å². The first kappa shape index (κ1) is 9.90. The fourth-order valence-electron chi connectivity index (χ4n) is 1.29. The third kappa shape index (κ3) is 1.65. The highest BCUT2D eigenvalue weighted by molar-refractivity contribution is 5.33. The van der Waals surface area contributed by atoms with Crippen molar-refractivity contribution in [3.8, 4) is 6.07 Å². The topological polar surface area (TPSA) is 49.6 Å². The van der Waals surface area contributed by atoms with Crippen LogP contribution in [0.3, 0.4) is 0 Å². The van der Waals surface area contributed by atoms with Crippen LogP contribution in [0.25, 0.3) is 0 Å². The van der Waals surface area contributed by atoms with E-state index in [0.717, 1.165) is 6.07 Å². The van der Waals surface area contributed by atoms with Gasteiger partial charge in [0.15, 0.2) is 5.69 Å². The van der Waals surface area contributed by atoms with Crippen molar-refractivity contribution in [2.45, 2.75) is 24.4 Å². The van der Waals surface area contributed by atoms with E-state index in [1.165, 1.54) is 6.07 Å². The summed E-state index contributed by atoms with van der Waals surface area (Å²) in [4.78, 5) is 0. The summed E-state index contributed by atoms with van der Waals surface area (Å²) < 4.78 is 36.4. The first-order valence-electron chi connectivity index (χ1n) is 4.31. The fraction of sp³-hybridized carbons (Fsp3) is 0.444. The zero-order valence-corrected chi connectivity index (χ0v) is 7.54. The molecule has 0 saturated heterocycles. The summed E-state index contributed by atoms with van der Waals surface area (Å²) in [6.45, 7) is 0. The van der Waals surface area contributed by atoms with Gasteiger partial charge in [-0.3, -0.25) is 0 Å². The first-order chi connectivity index (χ1) is 6.98. The molecule has 2 rings (SSSR count). The largest absolute Gasteiger partial charge is 0.435 e. The summed E-state index contributed by atoms with van der Waals surface area (Å²) in [6, 6.07) is 4.13. The third-order valence-corrected chi connectivity index (χ3v) is 2.41. The van der Waals surface area contributed by atoms with E-state index in [2.05, 4.69) is 10.2 Å². The Morgan fingerprint density at radius 1 is 1.27 bits per heavy atom. The molecule has 1 fully saturated rings. The van der Waals surface area contributed by atoms with Crippen LogP contribution in [0.4, 0.5) is 13.2 Å². The van der Waals surface area contributed by atoms with Gasteiger partial charge in [0.2, 0.25) is 0 Å². The van der Waals surface area contributed by atoms with E-state index in [-0.39, 0.29) is 0 Å². The number of hydrogen-bond donors (Lipinski definition) is 0. The summed E-state index contributed by atoms with van der Waals surface area (Å²) in [5.41, 5.74) is -1.38. The molecule has 1 aliphatic carbocycles. The SMILES string of the molecule is N#CC1(c2ccc(C(F)(F)F)nn2)CC1. The van der Waals surface area contributed by atoms with E-state index in [0.29, 0.717) is 18.5 Å². The molecule has 0 atom stereocenters. The van der Waals surface area contributed by atoms with Gasteiger partial charge in [0.05, 0.1) is 11.8 Å². The number of hydrogen-bond acceptors (Lipinski definition) is 3. The van der Waals surface area contributed by atoms with Gasteiger partial charge in [-0.1, -0.05) is 0 Å². The zero-order valence-electron chi connectivity index (χ0n) is 7.54. The molecule has 6 heteroatoms. The lowest BCUT2D eigenvalue weighted by Gasteiger charge is -2.07. The molecule has 3 nitrogen and oxygen atoms in total. The van der Waals surface area contributed by atoms with Crippen LogP contribution in [-0.4, -0.2) is 10.2 Å². The van der Waals surface area contributed by atoms with Gasteiger partial charge in [-0.15, -0.1) is 5.10 Å². The molecule has 0 radical (unpaired) electrons. The van der Waals surface area contributed by atoms with Crippen molar-refractivity contribution >= 4 is 0 Å². The highest BCUT2D eigenvalue weighted by Gasteiger charge is 2.47. The maximum absolute atomic E-state index is 12.1. The maximum Gasteiger partial charge on any atom is 0.435 e. The Kier molecular flexibility index (Phi) is 1.93. The lowest BCUT2D eigenvalue weighted by Crippen LogP contribution is -2.13. The third-order valence-electron chi connectivity index (χ3n) is 2.41. The molecule has 1 aromatic heterocycles. The second-order valence-electron chi connectivity index (χ2n) is 3.50. The lowest BCUT2D eigenvalue weighted by molar-refractivity contribution is -0.141. The Balaban J connectivity index is 2.30. The monoisotopic (exact) mass is 213 g/mol. The smallest absolute Gasteiger partial charge is 0.197 e. The quantitative estimate of drug-likeness (QED) is 0.717. The number of nitrogens with zero attached hydrogens (tertiary/aromatic N) is 3. The molecular weight excluding hydrogens is 207 g/mol. The molecule has 0 bridgehead atoms. The molecule has 1 aliphatic rings. The fourth-order valence-corrected chi connectivity index (χ4v) is 1.29. The molecular formula is C9H6F3N3. The van der Waals surface area contributed by atoms with E-state index < -0.39 is 17.3 Å². The summed E-state index contributed by atoms with van der Waals surface area (Å²) in [7, 11) is 0. The summed E-state index contributed by atoms with van der Waals surface area (Å²) >= 11 is 0. The minimum atomic E-state index is -4.48. The summed E-state index contributed by atoms with van der Waals surface area (Å²) in [6.07, 6.45) is -3.19. The predicted octanol–water partition coefficient (Wildman–Crippen LogP) is 2.05. The Labute approximate surface area is 83.5 Å². The van der Waals surface area contributed by atoms with Gasteiger partial charge in [0, 0.05) is 0 Å². The zero-order chi connectivity index (χ0) is 11.1. The molecule has 78 valence electrons. The first-order valence-corrected chi connectivity index (χ1v) is 4.31. The second kappa shape index (κ2) is 2.92. The van der Waals surface area contributed by atoms with Gasteiger partial charge in [-0.25, -0.2) is 0 Å². The predicted molar refractivity (Wildman–Crippen MR) is 43.6 cm³/mol. The van der Waals surface area contributed by atoms with Crippen LogP contribution in [-0.2, 0) is 11.6 Å². The van der Waals surface area contributed by atoms with E-state index in [1.54, 1.807) is 0 Å². The molecule has 0 aromatic carbocycles. The van der Waals surface area contributed by atoms with Crippen molar-refractivity contribution in [1.82, 2.24) is 10.2 Å². The molecule has 1 heterocycles. The molecule has 0 spiro atoms. The van der Waals surface area contributed by atoms with E-state index >= 15 is 0 Å². The standard InChI is InChI=1S/C9H6F3N3/c10-9(11,12)7-2-1-6(14-15-7)8(5-13)3-4-8/h1-2H,3-4H2. The number of halogens is 3. The van der Waals surface area contributed by atoms with Crippen molar-refractivity contribution in [3.63, 3.8) is 0 Å². The van der Waals surface area contributed by atoms with Crippen LogP contribution in [0.2, 0.25) is 0 Å². The minimum absolute atomic E-state index is 0.331. The second-order valence-corrected chi connectivity index (χ2v) is 3.50. The van der Waals surface area contributed by atoms with Crippen molar-refractivity contribution in [2.75, 3.05) is 0 Å². The number of nitriles is 1. The highest BCUT2D eigenvalue weighted by Crippen LogP contribution is 2.46. The van der Waals surface area contributed by atoms with Gasteiger partial charge >= 0.3 is 6.18 Å². The Morgan fingerprint density at radius 2 is 1.93 bits per heavy atom. The van der Waals surface area contributed by atoms with Crippen LogP contribution in [0.5, 0.6) is 0 Å². The van der Waals surface area contributed by atoms with Crippen molar-refractivity contribution in [1.29, 1.82) is 5.26 Å². The average molecular weight is 213 g/mol. The number of aromatic nitrogens is 2. The van der Waals surface area contributed by atoms with E-state index in [9.17, 15) is 13.2 Å². The van der Waals surface area contributed by atoms with Crippen LogP contribution >= 0.6 is 0 Å². The van der Waals surface area contributed by atoms with Crippen LogP contribution in [0, 0.1) is 11.3 Å². The number of alkyl halides is 3. The molecule has 1 saturated carbocycles. The van der Waals surface area contributed by atoms with E-state index in [4.69, 9.17) is 5.26 Å². The maximum atomic E-state index is 12.1. The van der Waals surface area contributed by atoms with E-state index in [1.807, 2.05) is 6.07 Å². The Bertz CT molecular complexity index is 412. The van der Waals surface area contributed by atoms with Crippen molar-refractivity contribution in [2.24, 2.45) is 0 Å².